The van der Waals surface area contributed by atoms with Crippen molar-refractivity contribution in [3.8, 4) is 67.4 Å². The molecule has 0 saturated carbocycles. The van der Waals surface area contributed by atoms with Gasteiger partial charge in [0, 0.05) is 34.1 Å². The standard InChI is InChI=1S/C48H30N4O/c1-2-12-31(13-3-1)47-48-46(38-18-4-5-21-45(38)53-48)39-28-36(22-23-40(39)52-47)34-16-10-14-32(26-34)33-15-11-17-35(27-33)37-29-43(41-19-6-8-24-49-41)51-44(30-37)42-20-7-9-25-50-42/h1-30H. The summed E-state index contributed by atoms with van der Waals surface area (Å²) in [6.07, 6.45) is 3.59. The Hall–Kier alpha value is -7.24. The van der Waals surface area contributed by atoms with Gasteiger partial charge in [0.15, 0.2) is 5.58 Å². The Morgan fingerprint density at radius 1 is 0.358 bits per heavy atom. The number of hydrogen-bond donors (Lipinski definition) is 0. The molecule has 5 heterocycles. The molecule has 5 aromatic carbocycles. The summed E-state index contributed by atoms with van der Waals surface area (Å²) in [6, 6.07) is 58.5. The van der Waals surface area contributed by atoms with Crippen molar-refractivity contribution < 1.29 is 4.42 Å². The second kappa shape index (κ2) is 12.8. The van der Waals surface area contributed by atoms with Crippen molar-refractivity contribution in [1.82, 2.24) is 19.9 Å². The zero-order valence-corrected chi connectivity index (χ0v) is 28.5. The summed E-state index contributed by atoms with van der Waals surface area (Å²) in [5, 5.41) is 3.24. The van der Waals surface area contributed by atoms with Crippen LogP contribution in [0, 0.1) is 0 Å². The number of pyridine rings is 4. The van der Waals surface area contributed by atoms with Gasteiger partial charge >= 0.3 is 0 Å². The van der Waals surface area contributed by atoms with Gasteiger partial charge in [0.2, 0.25) is 0 Å². The van der Waals surface area contributed by atoms with Gasteiger partial charge in [0.1, 0.15) is 11.3 Å². The molecule has 0 aliphatic rings. The van der Waals surface area contributed by atoms with E-state index < -0.39 is 0 Å². The average molecular weight is 679 g/mol. The van der Waals surface area contributed by atoms with Crippen LogP contribution in [-0.4, -0.2) is 19.9 Å². The van der Waals surface area contributed by atoms with Gasteiger partial charge in [-0.2, -0.15) is 0 Å². The average Bonchev–Trinajstić information content (AvgIpc) is 3.64. The van der Waals surface area contributed by atoms with Crippen molar-refractivity contribution in [3.63, 3.8) is 0 Å². The molecule has 0 aliphatic carbocycles. The molecule has 0 atom stereocenters. The smallest absolute Gasteiger partial charge is 0.162 e. The predicted octanol–water partition coefficient (Wildman–Crippen LogP) is 12.3. The predicted molar refractivity (Wildman–Crippen MR) is 215 cm³/mol. The topological polar surface area (TPSA) is 64.7 Å². The van der Waals surface area contributed by atoms with Crippen molar-refractivity contribution in [1.29, 1.82) is 0 Å². The second-order valence-electron chi connectivity index (χ2n) is 13.1. The number of fused-ring (bicyclic) bond motifs is 5. The lowest BCUT2D eigenvalue weighted by atomic mass is 9.94. The van der Waals surface area contributed by atoms with Gasteiger partial charge in [-0.05, 0) is 100 Å². The molecule has 53 heavy (non-hydrogen) atoms. The molecule has 0 spiro atoms. The normalized spacial score (nSPS) is 11.4. The molecular weight excluding hydrogens is 649 g/mol. The van der Waals surface area contributed by atoms with Crippen LogP contribution >= 0.6 is 0 Å². The Balaban J connectivity index is 1.07. The molecule has 0 radical (unpaired) electrons. The first-order valence-electron chi connectivity index (χ1n) is 17.6. The lowest BCUT2D eigenvalue weighted by molar-refractivity contribution is 0.669. The SMILES string of the molecule is c1ccc(-c2nc3ccc(-c4cccc(-c5cccc(-c6cc(-c7ccccn7)nc(-c7ccccn7)c6)c5)c4)cc3c3c2oc2ccccc23)cc1. The summed E-state index contributed by atoms with van der Waals surface area (Å²) in [4.78, 5) is 19.3. The monoisotopic (exact) mass is 678 g/mol. The van der Waals surface area contributed by atoms with Crippen LogP contribution in [-0.2, 0) is 0 Å². The molecule has 0 saturated heterocycles. The van der Waals surface area contributed by atoms with Gasteiger partial charge in [-0.15, -0.1) is 0 Å². The Labute approximate surface area is 305 Å². The van der Waals surface area contributed by atoms with Crippen molar-refractivity contribution >= 4 is 32.8 Å². The van der Waals surface area contributed by atoms with Gasteiger partial charge in [0.25, 0.3) is 0 Å². The zero-order valence-electron chi connectivity index (χ0n) is 28.5. The number of para-hydroxylation sites is 1. The molecule has 0 unspecified atom stereocenters. The van der Waals surface area contributed by atoms with E-state index in [9.17, 15) is 0 Å². The van der Waals surface area contributed by atoms with Crippen LogP contribution in [0.2, 0.25) is 0 Å². The Bertz CT molecular complexity index is 2880. The summed E-state index contributed by atoms with van der Waals surface area (Å²) in [7, 11) is 0. The van der Waals surface area contributed by atoms with E-state index in [2.05, 4.69) is 113 Å². The fraction of sp³-hybridized carbons (Fsp3) is 0. The fourth-order valence-corrected chi connectivity index (χ4v) is 7.20. The lowest BCUT2D eigenvalue weighted by Gasteiger charge is -2.12. The highest BCUT2D eigenvalue weighted by Gasteiger charge is 2.18. The summed E-state index contributed by atoms with van der Waals surface area (Å²) in [5.41, 5.74) is 14.4. The number of furan rings is 1. The Morgan fingerprint density at radius 3 is 1.57 bits per heavy atom. The van der Waals surface area contributed by atoms with E-state index in [4.69, 9.17) is 14.4 Å². The first kappa shape index (κ1) is 30.6. The van der Waals surface area contributed by atoms with Crippen molar-refractivity contribution in [2.24, 2.45) is 0 Å². The van der Waals surface area contributed by atoms with Crippen molar-refractivity contribution in [3.05, 3.63) is 182 Å². The third-order valence-corrected chi connectivity index (χ3v) is 9.76. The van der Waals surface area contributed by atoms with Crippen LogP contribution in [0.5, 0.6) is 0 Å². The number of aromatic nitrogens is 4. The Kier molecular flexibility index (Phi) is 7.40. The fourth-order valence-electron chi connectivity index (χ4n) is 7.20. The number of benzene rings is 5. The minimum Gasteiger partial charge on any atom is -0.454 e. The maximum Gasteiger partial charge on any atom is 0.162 e. The van der Waals surface area contributed by atoms with Gasteiger partial charge in [0.05, 0.1) is 28.3 Å². The van der Waals surface area contributed by atoms with Gasteiger partial charge in [-0.1, -0.05) is 103 Å². The molecule has 10 rings (SSSR count). The number of rotatable bonds is 6. The minimum atomic E-state index is 0.803. The summed E-state index contributed by atoms with van der Waals surface area (Å²) < 4.78 is 6.51. The first-order chi connectivity index (χ1) is 26.2. The molecule has 5 nitrogen and oxygen atoms in total. The third kappa shape index (κ3) is 5.61. The largest absolute Gasteiger partial charge is 0.454 e. The maximum atomic E-state index is 6.51. The van der Waals surface area contributed by atoms with Crippen LogP contribution in [0.4, 0.5) is 0 Å². The lowest BCUT2D eigenvalue weighted by Crippen LogP contribution is -1.94. The molecule has 0 bridgehead atoms. The van der Waals surface area contributed by atoms with Gasteiger partial charge < -0.3 is 4.42 Å². The summed E-state index contributed by atoms with van der Waals surface area (Å²) in [5.74, 6) is 0. The summed E-state index contributed by atoms with van der Waals surface area (Å²) in [6.45, 7) is 0. The molecule has 0 fully saturated rings. The highest BCUT2D eigenvalue weighted by molar-refractivity contribution is 6.21. The van der Waals surface area contributed by atoms with Crippen LogP contribution < -0.4 is 0 Å². The highest BCUT2D eigenvalue weighted by Crippen LogP contribution is 2.41. The van der Waals surface area contributed by atoms with Crippen molar-refractivity contribution in [2.45, 2.75) is 0 Å². The molecule has 248 valence electrons. The molecule has 5 heteroatoms. The highest BCUT2D eigenvalue weighted by atomic mass is 16.3. The Morgan fingerprint density at radius 2 is 0.925 bits per heavy atom. The maximum absolute atomic E-state index is 6.51. The molecule has 0 aliphatic heterocycles. The third-order valence-electron chi connectivity index (χ3n) is 9.76. The van der Waals surface area contributed by atoms with Gasteiger partial charge in [-0.3, -0.25) is 9.97 Å². The van der Waals surface area contributed by atoms with E-state index in [-0.39, 0.29) is 0 Å². The molecule has 10 aromatic rings. The van der Waals surface area contributed by atoms with Crippen LogP contribution in [0.1, 0.15) is 0 Å². The van der Waals surface area contributed by atoms with Crippen LogP contribution in [0.3, 0.4) is 0 Å². The van der Waals surface area contributed by atoms with E-state index in [1.54, 1.807) is 12.4 Å². The van der Waals surface area contributed by atoms with E-state index in [1.807, 2.05) is 66.7 Å². The quantitative estimate of drug-likeness (QED) is 0.175. The molecular formula is C48H30N4O. The molecule has 0 N–H and O–H groups in total. The minimum absolute atomic E-state index is 0.803. The van der Waals surface area contributed by atoms with Crippen LogP contribution in [0.25, 0.3) is 100 Å². The first-order valence-corrected chi connectivity index (χ1v) is 17.6. The van der Waals surface area contributed by atoms with Crippen molar-refractivity contribution in [2.75, 3.05) is 0 Å². The number of hydrogen-bond acceptors (Lipinski definition) is 5. The van der Waals surface area contributed by atoms with Crippen LogP contribution in [0.15, 0.2) is 187 Å². The van der Waals surface area contributed by atoms with E-state index in [0.717, 1.165) is 100 Å². The molecule has 5 aromatic heterocycles. The number of nitrogens with zero attached hydrogens (tertiary/aromatic N) is 4. The summed E-state index contributed by atoms with van der Waals surface area (Å²) >= 11 is 0. The second-order valence-corrected chi connectivity index (χ2v) is 13.1. The molecule has 0 amide bonds. The van der Waals surface area contributed by atoms with E-state index in [1.165, 1.54) is 0 Å². The van der Waals surface area contributed by atoms with E-state index >= 15 is 0 Å². The van der Waals surface area contributed by atoms with Gasteiger partial charge in [-0.25, -0.2) is 9.97 Å². The van der Waals surface area contributed by atoms with E-state index in [0.29, 0.717) is 0 Å². The zero-order chi connectivity index (χ0) is 35.1.